The summed E-state index contributed by atoms with van der Waals surface area (Å²) in [7, 11) is 0. The lowest BCUT2D eigenvalue weighted by molar-refractivity contribution is -0.137. The van der Waals surface area contributed by atoms with Crippen LogP contribution in [-0.4, -0.2) is 34.5 Å². The van der Waals surface area contributed by atoms with E-state index in [9.17, 15) is 22.8 Å². The maximum Gasteiger partial charge on any atom is 0.416 e. The monoisotopic (exact) mass is 472 g/mol. The molecule has 0 bridgehead atoms. The summed E-state index contributed by atoms with van der Waals surface area (Å²) in [5.74, 6) is -0.0865. The van der Waals surface area contributed by atoms with Gasteiger partial charge in [0.1, 0.15) is 11.5 Å². The second-order valence-electron chi connectivity index (χ2n) is 7.23. The lowest BCUT2D eigenvalue weighted by Gasteiger charge is -2.10. The van der Waals surface area contributed by atoms with E-state index in [0.29, 0.717) is 17.0 Å². The largest absolute Gasteiger partial charge is 0.484 e. The SMILES string of the molecule is O=C(COc1ccccc1)NCC(=O)Nc1nc2cc(C(F)(F)F)ccc2n1Cc1ccco1. The Hall–Kier alpha value is -4.28. The number of aromatic nitrogens is 2. The summed E-state index contributed by atoms with van der Waals surface area (Å²) >= 11 is 0. The molecule has 2 amide bonds. The summed E-state index contributed by atoms with van der Waals surface area (Å²) in [6, 6.07) is 15.2. The number of halogens is 3. The maximum atomic E-state index is 13.1. The van der Waals surface area contributed by atoms with Crippen molar-refractivity contribution in [2.75, 3.05) is 18.5 Å². The Morgan fingerprint density at radius 3 is 2.53 bits per heavy atom. The van der Waals surface area contributed by atoms with Crippen LogP contribution in [0.1, 0.15) is 11.3 Å². The molecular formula is C23H19F3N4O4. The summed E-state index contributed by atoms with van der Waals surface area (Å²) in [4.78, 5) is 28.6. The summed E-state index contributed by atoms with van der Waals surface area (Å²) < 4.78 is 51.5. The molecule has 0 atom stereocenters. The molecule has 0 saturated heterocycles. The van der Waals surface area contributed by atoms with E-state index in [2.05, 4.69) is 15.6 Å². The highest BCUT2D eigenvalue weighted by atomic mass is 19.4. The van der Waals surface area contributed by atoms with E-state index in [4.69, 9.17) is 9.15 Å². The Morgan fingerprint density at radius 1 is 1.03 bits per heavy atom. The number of ether oxygens (including phenoxy) is 1. The maximum absolute atomic E-state index is 13.1. The normalized spacial score (nSPS) is 11.4. The van der Waals surface area contributed by atoms with E-state index < -0.39 is 23.6 Å². The summed E-state index contributed by atoms with van der Waals surface area (Å²) in [5.41, 5.74) is -0.428. The predicted molar refractivity (Wildman–Crippen MR) is 116 cm³/mol. The van der Waals surface area contributed by atoms with Crippen molar-refractivity contribution in [2.24, 2.45) is 0 Å². The van der Waals surface area contributed by atoms with Crippen LogP contribution < -0.4 is 15.4 Å². The Balaban J connectivity index is 1.46. The molecule has 0 unspecified atom stereocenters. The molecule has 0 spiro atoms. The van der Waals surface area contributed by atoms with Crippen LogP contribution in [0.15, 0.2) is 71.3 Å². The molecule has 0 aliphatic carbocycles. The zero-order chi connectivity index (χ0) is 24.1. The van der Waals surface area contributed by atoms with Crippen LogP contribution in [0.25, 0.3) is 11.0 Å². The molecular weight excluding hydrogens is 453 g/mol. The third kappa shape index (κ3) is 5.55. The average molecular weight is 472 g/mol. The topological polar surface area (TPSA) is 98.4 Å². The minimum atomic E-state index is -4.53. The first-order valence-electron chi connectivity index (χ1n) is 10.1. The van der Waals surface area contributed by atoms with Gasteiger partial charge in [-0.25, -0.2) is 4.98 Å². The molecule has 0 aliphatic rings. The van der Waals surface area contributed by atoms with E-state index in [1.165, 1.54) is 16.9 Å². The quantitative estimate of drug-likeness (QED) is 0.406. The van der Waals surface area contributed by atoms with Gasteiger partial charge in [0.05, 0.1) is 35.9 Å². The number of nitrogens with zero attached hydrogens (tertiary/aromatic N) is 2. The number of furan rings is 1. The number of alkyl halides is 3. The molecule has 2 N–H and O–H groups in total. The van der Waals surface area contributed by atoms with Gasteiger partial charge in [-0.1, -0.05) is 18.2 Å². The number of hydrogen-bond acceptors (Lipinski definition) is 5. The zero-order valence-corrected chi connectivity index (χ0v) is 17.6. The van der Waals surface area contributed by atoms with Gasteiger partial charge < -0.3 is 19.0 Å². The second kappa shape index (κ2) is 9.69. The van der Waals surface area contributed by atoms with E-state index in [-0.39, 0.29) is 31.2 Å². The highest BCUT2D eigenvalue weighted by Crippen LogP contribution is 2.32. The number of carbonyl (C=O) groups excluding carboxylic acids is 2. The molecule has 0 saturated carbocycles. The van der Waals surface area contributed by atoms with Gasteiger partial charge in [-0.05, 0) is 42.5 Å². The molecule has 0 radical (unpaired) electrons. The van der Waals surface area contributed by atoms with Crippen molar-refractivity contribution in [1.82, 2.24) is 14.9 Å². The van der Waals surface area contributed by atoms with Crippen molar-refractivity contribution in [3.05, 3.63) is 78.3 Å². The van der Waals surface area contributed by atoms with Gasteiger partial charge in [-0.3, -0.25) is 14.9 Å². The molecule has 0 aliphatic heterocycles. The third-order valence-corrected chi connectivity index (χ3v) is 4.78. The zero-order valence-electron chi connectivity index (χ0n) is 17.6. The number of carbonyl (C=O) groups is 2. The highest BCUT2D eigenvalue weighted by molar-refractivity contribution is 5.95. The number of imidazole rings is 1. The number of amides is 2. The molecule has 2 heterocycles. The van der Waals surface area contributed by atoms with Crippen LogP contribution in [-0.2, 0) is 22.3 Å². The van der Waals surface area contributed by atoms with Gasteiger partial charge >= 0.3 is 6.18 Å². The van der Waals surface area contributed by atoms with Gasteiger partial charge in [-0.2, -0.15) is 13.2 Å². The van der Waals surface area contributed by atoms with Crippen LogP contribution in [0.3, 0.4) is 0 Å². The predicted octanol–water partition coefficient (Wildman–Crippen LogP) is 3.83. The smallest absolute Gasteiger partial charge is 0.416 e. The van der Waals surface area contributed by atoms with Crippen molar-refractivity contribution in [2.45, 2.75) is 12.7 Å². The first-order chi connectivity index (χ1) is 16.3. The van der Waals surface area contributed by atoms with E-state index in [1.807, 2.05) is 0 Å². The molecule has 176 valence electrons. The molecule has 4 rings (SSSR count). The second-order valence-corrected chi connectivity index (χ2v) is 7.23. The fourth-order valence-electron chi connectivity index (χ4n) is 3.18. The lowest BCUT2D eigenvalue weighted by Crippen LogP contribution is -2.36. The Kier molecular flexibility index (Phi) is 6.53. The first-order valence-corrected chi connectivity index (χ1v) is 10.1. The average Bonchev–Trinajstić information content (AvgIpc) is 3.44. The van der Waals surface area contributed by atoms with Crippen LogP contribution >= 0.6 is 0 Å². The number of fused-ring (bicyclic) bond motifs is 1. The molecule has 2 aromatic heterocycles. The Morgan fingerprint density at radius 2 is 1.82 bits per heavy atom. The summed E-state index contributed by atoms with van der Waals surface area (Å²) in [5, 5.41) is 4.95. The minimum absolute atomic E-state index is 0.0190. The fourth-order valence-corrected chi connectivity index (χ4v) is 3.18. The van der Waals surface area contributed by atoms with E-state index in [1.54, 1.807) is 42.5 Å². The molecule has 8 nitrogen and oxygen atoms in total. The van der Waals surface area contributed by atoms with E-state index in [0.717, 1.165) is 12.1 Å². The van der Waals surface area contributed by atoms with Crippen molar-refractivity contribution >= 4 is 28.8 Å². The van der Waals surface area contributed by atoms with Crippen LogP contribution in [0.2, 0.25) is 0 Å². The van der Waals surface area contributed by atoms with Gasteiger partial charge in [-0.15, -0.1) is 0 Å². The molecule has 4 aromatic rings. The number of nitrogens with one attached hydrogen (secondary N) is 2. The Bertz CT molecular complexity index is 1290. The van der Waals surface area contributed by atoms with Crippen molar-refractivity contribution < 1.29 is 31.9 Å². The first kappa shape index (κ1) is 22.9. The van der Waals surface area contributed by atoms with Gasteiger partial charge in [0.25, 0.3) is 5.91 Å². The number of para-hydroxylation sites is 1. The fraction of sp³-hybridized carbons (Fsp3) is 0.174. The van der Waals surface area contributed by atoms with Gasteiger partial charge in [0.2, 0.25) is 11.9 Å². The number of hydrogen-bond donors (Lipinski definition) is 2. The van der Waals surface area contributed by atoms with E-state index >= 15 is 0 Å². The molecule has 0 fully saturated rings. The third-order valence-electron chi connectivity index (χ3n) is 4.78. The Labute approximate surface area is 191 Å². The van der Waals surface area contributed by atoms with Crippen LogP contribution in [0.4, 0.5) is 19.1 Å². The molecule has 11 heteroatoms. The summed E-state index contributed by atoms with van der Waals surface area (Å²) in [6.07, 6.45) is -3.07. The standard InChI is InChI=1S/C23H19F3N4O4/c24-23(25,26)15-8-9-19-18(11-15)28-22(30(19)13-17-7-4-10-33-17)29-20(31)12-27-21(32)14-34-16-5-2-1-3-6-16/h1-11H,12-14H2,(H,27,32)(H,28,29,31). The highest BCUT2D eigenvalue weighted by Gasteiger charge is 2.31. The van der Waals surface area contributed by atoms with Gasteiger partial charge in [0.15, 0.2) is 6.61 Å². The lowest BCUT2D eigenvalue weighted by atomic mass is 10.2. The van der Waals surface area contributed by atoms with Crippen molar-refractivity contribution in [3.8, 4) is 5.75 Å². The van der Waals surface area contributed by atoms with Gasteiger partial charge in [0, 0.05) is 0 Å². The molecule has 34 heavy (non-hydrogen) atoms. The summed E-state index contributed by atoms with van der Waals surface area (Å²) in [6.45, 7) is -0.537. The number of rotatable bonds is 8. The number of benzene rings is 2. The minimum Gasteiger partial charge on any atom is -0.484 e. The van der Waals surface area contributed by atoms with Crippen molar-refractivity contribution in [3.63, 3.8) is 0 Å². The number of anilines is 1. The van der Waals surface area contributed by atoms with Crippen molar-refractivity contribution in [1.29, 1.82) is 0 Å². The molecule has 2 aromatic carbocycles. The van der Waals surface area contributed by atoms with Crippen LogP contribution in [0, 0.1) is 0 Å². The van der Waals surface area contributed by atoms with Crippen LogP contribution in [0.5, 0.6) is 5.75 Å².